The Morgan fingerprint density at radius 3 is 2.42 bits per heavy atom. The van der Waals surface area contributed by atoms with E-state index in [1.165, 1.54) is 4.68 Å². The number of unbranched alkanes of at least 4 members (excludes halogenated alkanes) is 1. The average Bonchev–Trinajstić information content (AvgIpc) is 3.51. The quantitative estimate of drug-likeness (QED) is 0.161. The maximum atomic E-state index is 13.7. The lowest BCUT2D eigenvalue weighted by molar-refractivity contribution is 0.134. The van der Waals surface area contributed by atoms with Crippen LogP contribution in [0.25, 0.3) is 16.8 Å². The molecule has 0 amide bonds. The molecule has 2 aromatic heterocycles. The van der Waals surface area contributed by atoms with Crippen LogP contribution in [0.2, 0.25) is 0 Å². The first kappa shape index (κ1) is 31.9. The molecular weight excluding hydrogens is 590 g/mol. The van der Waals surface area contributed by atoms with Crippen molar-refractivity contribution in [3.8, 4) is 16.8 Å². The van der Waals surface area contributed by atoms with Crippen molar-refractivity contribution in [2.24, 2.45) is 0 Å². The molecular formula is C34H39N5O5S. The number of para-hydroxylation sites is 1. The van der Waals surface area contributed by atoms with E-state index in [0.717, 1.165) is 46.6 Å². The van der Waals surface area contributed by atoms with Crippen LogP contribution in [0.3, 0.4) is 0 Å². The van der Waals surface area contributed by atoms with Gasteiger partial charge in [0.15, 0.2) is 5.82 Å². The van der Waals surface area contributed by atoms with Crippen molar-refractivity contribution in [2.45, 2.75) is 71.9 Å². The van der Waals surface area contributed by atoms with E-state index in [1.54, 1.807) is 42.7 Å². The van der Waals surface area contributed by atoms with Crippen molar-refractivity contribution in [2.75, 3.05) is 11.3 Å². The number of aromatic nitrogens is 4. The topological polar surface area (TPSA) is 121 Å². The second-order valence-electron chi connectivity index (χ2n) is 11.0. The largest absolute Gasteiger partial charge is 0.377 e. The second-order valence-corrected chi connectivity index (χ2v) is 12.7. The minimum atomic E-state index is -4.01. The number of nitrogens with one attached hydrogen (secondary N) is 1. The molecule has 0 atom stereocenters. The van der Waals surface area contributed by atoms with Crippen LogP contribution in [0.15, 0.2) is 80.9 Å². The number of aryl methyl sites for hydroxylation is 3. The second kappa shape index (κ2) is 13.7. The Morgan fingerprint density at radius 1 is 0.956 bits per heavy atom. The van der Waals surface area contributed by atoms with E-state index >= 15 is 0 Å². The van der Waals surface area contributed by atoms with E-state index in [0.29, 0.717) is 36.5 Å². The lowest BCUT2D eigenvalue weighted by atomic mass is 9.97. The van der Waals surface area contributed by atoms with Crippen LogP contribution < -0.4 is 10.4 Å². The van der Waals surface area contributed by atoms with E-state index in [2.05, 4.69) is 16.8 Å². The number of hydrogen-bond acceptors (Lipinski definition) is 7. The first-order valence-corrected chi connectivity index (χ1v) is 16.6. The summed E-state index contributed by atoms with van der Waals surface area (Å²) in [5.74, 6) is 1.42. The molecule has 45 heavy (non-hydrogen) atoms. The van der Waals surface area contributed by atoms with Crippen molar-refractivity contribution in [3.63, 3.8) is 0 Å². The summed E-state index contributed by atoms with van der Waals surface area (Å²) >= 11 is 0. The molecule has 10 nitrogen and oxygen atoms in total. The smallest absolute Gasteiger partial charge is 0.351 e. The van der Waals surface area contributed by atoms with Gasteiger partial charge in [-0.05, 0) is 68.5 Å². The standard InChI is InChI=1S/C34H39N5O5S/c1-6-8-17-32-35-39(30-15-11-9-13-23(30)3)34(40)38(32)21-26-18-19-28(27(20-26)22-43-7-2)29-14-10-12-16-31(29)45(41,42)37-33-24(4)25(5)44-36-33/h9-16,18-20H,6-8,17,21-22H2,1-5H3,(H,36,37). The Labute approximate surface area is 263 Å². The molecule has 5 aromatic rings. The van der Waals surface area contributed by atoms with Crippen LogP contribution in [-0.2, 0) is 34.3 Å². The molecule has 0 spiro atoms. The summed E-state index contributed by atoms with van der Waals surface area (Å²) in [7, 11) is -4.01. The summed E-state index contributed by atoms with van der Waals surface area (Å²) in [6, 6.07) is 20.3. The van der Waals surface area contributed by atoms with Crippen LogP contribution in [0.4, 0.5) is 5.82 Å². The fourth-order valence-corrected chi connectivity index (χ4v) is 6.49. The molecule has 236 valence electrons. The summed E-state index contributed by atoms with van der Waals surface area (Å²) in [4.78, 5) is 13.8. The molecule has 3 aromatic carbocycles. The maximum Gasteiger partial charge on any atom is 0.351 e. The highest BCUT2D eigenvalue weighted by Crippen LogP contribution is 2.33. The van der Waals surface area contributed by atoms with Gasteiger partial charge in [-0.15, -0.1) is 5.10 Å². The predicted octanol–water partition coefficient (Wildman–Crippen LogP) is 6.34. The molecule has 0 saturated carbocycles. The lowest BCUT2D eigenvalue weighted by Gasteiger charge is -2.16. The summed E-state index contributed by atoms with van der Waals surface area (Å²) in [5, 5.41) is 8.63. The minimum absolute atomic E-state index is 0.105. The Hall–Kier alpha value is -4.48. The van der Waals surface area contributed by atoms with Gasteiger partial charge in [-0.25, -0.2) is 13.2 Å². The Kier molecular flexibility index (Phi) is 9.69. The highest BCUT2D eigenvalue weighted by molar-refractivity contribution is 7.92. The van der Waals surface area contributed by atoms with Crippen molar-refractivity contribution in [1.29, 1.82) is 0 Å². The van der Waals surface area contributed by atoms with E-state index in [4.69, 9.17) is 14.4 Å². The number of hydrogen-bond donors (Lipinski definition) is 1. The average molecular weight is 630 g/mol. The van der Waals surface area contributed by atoms with Crippen molar-refractivity contribution >= 4 is 15.8 Å². The van der Waals surface area contributed by atoms with E-state index in [1.807, 2.05) is 56.3 Å². The Morgan fingerprint density at radius 2 is 1.71 bits per heavy atom. The van der Waals surface area contributed by atoms with Crippen LogP contribution in [-0.4, -0.2) is 34.5 Å². The summed E-state index contributed by atoms with van der Waals surface area (Å²) in [6.07, 6.45) is 2.56. The van der Waals surface area contributed by atoms with Crippen LogP contribution >= 0.6 is 0 Å². The van der Waals surface area contributed by atoms with Crippen LogP contribution in [0.1, 0.15) is 60.5 Å². The number of sulfonamides is 1. The number of ether oxygens (including phenoxy) is 1. The molecule has 0 saturated heterocycles. The van der Waals surface area contributed by atoms with Gasteiger partial charge in [0.25, 0.3) is 10.0 Å². The Balaban J connectivity index is 1.55. The van der Waals surface area contributed by atoms with Gasteiger partial charge >= 0.3 is 5.69 Å². The molecule has 11 heteroatoms. The number of anilines is 1. The van der Waals surface area contributed by atoms with Gasteiger partial charge in [-0.3, -0.25) is 9.29 Å². The molecule has 1 N–H and O–H groups in total. The highest BCUT2D eigenvalue weighted by atomic mass is 32.2. The zero-order chi connectivity index (χ0) is 32.1. The van der Waals surface area contributed by atoms with Gasteiger partial charge in [0, 0.05) is 24.2 Å². The maximum absolute atomic E-state index is 13.7. The normalized spacial score (nSPS) is 11.7. The van der Waals surface area contributed by atoms with E-state index in [9.17, 15) is 13.2 Å². The SMILES string of the molecule is CCCCc1nn(-c2ccccc2C)c(=O)n1Cc1ccc(-c2ccccc2S(=O)(=O)Nc2noc(C)c2C)c(COCC)c1. The molecule has 0 radical (unpaired) electrons. The molecule has 5 rings (SSSR count). The van der Waals surface area contributed by atoms with E-state index in [-0.39, 0.29) is 23.0 Å². The first-order valence-electron chi connectivity index (χ1n) is 15.1. The van der Waals surface area contributed by atoms with Gasteiger partial charge in [-0.1, -0.05) is 73.1 Å². The molecule has 0 aliphatic heterocycles. The molecule has 0 aliphatic carbocycles. The number of benzene rings is 3. The van der Waals surface area contributed by atoms with Gasteiger partial charge in [0.1, 0.15) is 11.6 Å². The molecule has 0 bridgehead atoms. The van der Waals surface area contributed by atoms with Gasteiger partial charge < -0.3 is 9.26 Å². The summed E-state index contributed by atoms with van der Waals surface area (Å²) in [5.41, 5.74) is 5.07. The third-order valence-corrected chi connectivity index (χ3v) is 9.26. The van der Waals surface area contributed by atoms with Gasteiger partial charge in [-0.2, -0.15) is 4.68 Å². The molecule has 2 heterocycles. The molecule has 0 fully saturated rings. The third kappa shape index (κ3) is 6.79. The fraction of sp³-hybridized carbons (Fsp3) is 0.324. The van der Waals surface area contributed by atoms with Crippen molar-refractivity contribution in [1.82, 2.24) is 19.5 Å². The fourth-order valence-electron chi connectivity index (χ4n) is 5.21. The zero-order valence-electron chi connectivity index (χ0n) is 26.3. The lowest BCUT2D eigenvalue weighted by Crippen LogP contribution is -2.25. The van der Waals surface area contributed by atoms with Crippen LogP contribution in [0.5, 0.6) is 0 Å². The van der Waals surface area contributed by atoms with Gasteiger partial charge in [0.05, 0.1) is 23.7 Å². The van der Waals surface area contributed by atoms with E-state index < -0.39 is 10.0 Å². The molecule has 0 unspecified atom stereocenters. The van der Waals surface area contributed by atoms with Crippen LogP contribution in [0, 0.1) is 20.8 Å². The van der Waals surface area contributed by atoms with Gasteiger partial charge in [0.2, 0.25) is 0 Å². The monoisotopic (exact) mass is 629 g/mol. The van der Waals surface area contributed by atoms with Crippen molar-refractivity contribution < 1.29 is 17.7 Å². The summed E-state index contributed by atoms with van der Waals surface area (Å²) in [6.45, 7) is 10.5. The zero-order valence-corrected chi connectivity index (χ0v) is 27.1. The number of nitrogens with zero attached hydrogens (tertiary/aromatic N) is 4. The third-order valence-electron chi connectivity index (χ3n) is 7.86. The van der Waals surface area contributed by atoms with Crippen molar-refractivity contribution in [3.05, 3.63) is 111 Å². The highest BCUT2D eigenvalue weighted by Gasteiger charge is 2.24. The minimum Gasteiger partial charge on any atom is -0.377 e. The summed E-state index contributed by atoms with van der Waals surface area (Å²) < 4.78 is 44.0. The predicted molar refractivity (Wildman–Crippen MR) is 174 cm³/mol. The molecule has 0 aliphatic rings. The Bertz CT molecular complexity index is 1970. The number of rotatable bonds is 13. The first-order chi connectivity index (χ1) is 21.6.